The van der Waals surface area contributed by atoms with Crippen LogP contribution in [-0.2, 0) is 0 Å². The summed E-state index contributed by atoms with van der Waals surface area (Å²) in [6, 6.07) is 1.04. The zero-order valence-corrected chi connectivity index (χ0v) is 12.5. The van der Waals surface area contributed by atoms with Crippen LogP contribution < -0.4 is 4.90 Å². The maximum absolute atomic E-state index is 5.29. The number of nitrogens with one attached hydrogen (secondary N) is 1. The van der Waals surface area contributed by atoms with Gasteiger partial charge in [-0.25, -0.2) is 5.10 Å². The van der Waals surface area contributed by atoms with Gasteiger partial charge in [0, 0.05) is 25.2 Å². The van der Waals surface area contributed by atoms with Gasteiger partial charge in [-0.15, -0.1) is 5.10 Å². The molecule has 1 fully saturated rings. The number of nitrogens with zero attached hydrogens (tertiary/aromatic N) is 4. The largest absolute Gasteiger partial charge is 0.341 e. The zero-order chi connectivity index (χ0) is 13.3. The summed E-state index contributed by atoms with van der Waals surface area (Å²) >= 11 is 5.29. The molecule has 102 valence electrons. The van der Waals surface area contributed by atoms with Crippen LogP contribution >= 0.6 is 12.2 Å². The smallest absolute Gasteiger partial charge is 0.225 e. The van der Waals surface area contributed by atoms with E-state index in [1.807, 2.05) is 0 Å². The minimum absolute atomic E-state index is 0.345. The first kappa shape index (κ1) is 13.5. The van der Waals surface area contributed by atoms with Gasteiger partial charge in [0.2, 0.25) is 5.95 Å². The lowest BCUT2D eigenvalue weighted by molar-refractivity contribution is 0.248. The predicted octanol–water partition coefficient (Wildman–Crippen LogP) is 2.05. The Balaban J connectivity index is 2.13. The van der Waals surface area contributed by atoms with E-state index in [4.69, 9.17) is 12.2 Å². The molecule has 6 heteroatoms. The summed E-state index contributed by atoms with van der Waals surface area (Å²) in [4.78, 5) is 4.66. The summed E-state index contributed by atoms with van der Waals surface area (Å²) in [5.41, 5.74) is 0. The van der Waals surface area contributed by atoms with Crippen LogP contribution in [0.15, 0.2) is 0 Å². The maximum atomic E-state index is 5.29. The van der Waals surface area contributed by atoms with E-state index in [0.717, 1.165) is 23.8 Å². The summed E-state index contributed by atoms with van der Waals surface area (Å²) in [7, 11) is 4.31. The van der Waals surface area contributed by atoms with Gasteiger partial charge in [0.1, 0.15) is 0 Å². The number of rotatable bonds is 3. The SMILES string of the molecule is CC(C)n1c(N2CCC(N(C)C)CC2)n[nH]c1=S. The Hall–Kier alpha value is -0.880. The number of hydrogen-bond donors (Lipinski definition) is 1. The highest BCUT2D eigenvalue weighted by Crippen LogP contribution is 2.22. The molecule has 0 bridgehead atoms. The number of aromatic nitrogens is 3. The molecule has 0 aliphatic carbocycles. The van der Waals surface area contributed by atoms with E-state index in [9.17, 15) is 0 Å². The third-order valence-electron chi connectivity index (χ3n) is 3.68. The fourth-order valence-electron chi connectivity index (χ4n) is 2.57. The van der Waals surface area contributed by atoms with Gasteiger partial charge in [0.05, 0.1) is 0 Å². The number of anilines is 1. The Kier molecular flexibility index (Phi) is 4.07. The third kappa shape index (κ3) is 2.59. The lowest BCUT2D eigenvalue weighted by atomic mass is 10.0. The Labute approximate surface area is 114 Å². The number of H-pyrrole nitrogens is 1. The molecule has 18 heavy (non-hydrogen) atoms. The van der Waals surface area contributed by atoms with Gasteiger partial charge in [-0.1, -0.05) is 0 Å². The van der Waals surface area contributed by atoms with E-state index in [-0.39, 0.29) is 0 Å². The highest BCUT2D eigenvalue weighted by molar-refractivity contribution is 7.71. The van der Waals surface area contributed by atoms with Crippen molar-refractivity contribution in [2.24, 2.45) is 0 Å². The second-order valence-corrected chi connectivity index (χ2v) is 5.86. The topological polar surface area (TPSA) is 40.1 Å². The van der Waals surface area contributed by atoms with Crippen LogP contribution in [0.1, 0.15) is 32.7 Å². The summed E-state index contributed by atoms with van der Waals surface area (Å²) in [5, 5.41) is 7.30. The minimum atomic E-state index is 0.345. The van der Waals surface area contributed by atoms with Crippen LogP contribution in [-0.4, -0.2) is 52.9 Å². The molecule has 2 heterocycles. The summed E-state index contributed by atoms with van der Waals surface area (Å²) in [6.07, 6.45) is 2.37. The second-order valence-electron chi connectivity index (χ2n) is 5.47. The molecule has 1 N–H and O–H groups in total. The van der Waals surface area contributed by atoms with E-state index in [2.05, 4.69) is 52.5 Å². The Morgan fingerprint density at radius 2 is 1.94 bits per heavy atom. The molecule has 0 saturated carbocycles. The second kappa shape index (κ2) is 5.40. The van der Waals surface area contributed by atoms with Crippen molar-refractivity contribution in [3.8, 4) is 0 Å². The van der Waals surface area contributed by atoms with Gasteiger partial charge >= 0.3 is 0 Å². The highest BCUT2D eigenvalue weighted by Gasteiger charge is 2.24. The van der Waals surface area contributed by atoms with E-state index >= 15 is 0 Å². The first-order valence-corrected chi connectivity index (χ1v) is 6.99. The quantitative estimate of drug-likeness (QED) is 0.853. The fourth-order valence-corrected chi connectivity index (χ4v) is 2.91. The standard InChI is InChI=1S/C12H23N5S/c1-9(2)17-11(13-14-12(17)18)16-7-5-10(6-8-16)15(3)4/h9-10H,5-8H2,1-4H3,(H,14,18). The summed E-state index contributed by atoms with van der Waals surface area (Å²) < 4.78 is 2.82. The Morgan fingerprint density at radius 3 is 2.44 bits per heavy atom. The van der Waals surface area contributed by atoms with Gasteiger partial charge in [0.25, 0.3) is 0 Å². The van der Waals surface area contributed by atoms with E-state index in [0.29, 0.717) is 12.1 Å². The van der Waals surface area contributed by atoms with Crippen LogP contribution in [0, 0.1) is 4.77 Å². The average molecular weight is 269 g/mol. The van der Waals surface area contributed by atoms with Crippen molar-refractivity contribution in [2.75, 3.05) is 32.1 Å². The molecule has 5 nitrogen and oxygen atoms in total. The highest BCUT2D eigenvalue weighted by atomic mass is 32.1. The lowest BCUT2D eigenvalue weighted by Gasteiger charge is -2.35. The van der Waals surface area contributed by atoms with Crippen LogP contribution in [0.3, 0.4) is 0 Å². The van der Waals surface area contributed by atoms with Crippen molar-refractivity contribution in [1.29, 1.82) is 0 Å². The molecule has 0 radical (unpaired) electrons. The molecule has 1 aliphatic rings. The Bertz CT molecular complexity index is 440. The molecule has 0 atom stereocenters. The molecular weight excluding hydrogens is 246 g/mol. The molecule has 0 spiro atoms. The first-order valence-electron chi connectivity index (χ1n) is 6.59. The van der Waals surface area contributed by atoms with E-state index in [1.54, 1.807) is 0 Å². The van der Waals surface area contributed by atoms with Gasteiger partial charge in [-0.3, -0.25) is 4.57 Å². The van der Waals surface area contributed by atoms with Gasteiger partial charge in [0.15, 0.2) is 4.77 Å². The maximum Gasteiger partial charge on any atom is 0.225 e. The van der Waals surface area contributed by atoms with Crippen molar-refractivity contribution in [3.05, 3.63) is 4.77 Å². The summed E-state index contributed by atoms with van der Waals surface area (Å²) in [5.74, 6) is 0.993. The van der Waals surface area contributed by atoms with Crippen molar-refractivity contribution in [3.63, 3.8) is 0 Å². The van der Waals surface area contributed by atoms with E-state index < -0.39 is 0 Å². The summed E-state index contributed by atoms with van der Waals surface area (Å²) in [6.45, 7) is 6.38. The zero-order valence-electron chi connectivity index (χ0n) is 11.7. The molecule has 1 saturated heterocycles. The molecular formula is C12H23N5S. The van der Waals surface area contributed by atoms with Gasteiger partial charge < -0.3 is 9.80 Å². The number of aromatic amines is 1. The fraction of sp³-hybridized carbons (Fsp3) is 0.833. The monoisotopic (exact) mass is 269 g/mol. The van der Waals surface area contributed by atoms with Crippen molar-refractivity contribution in [2.45, 2.75) is 38.8 Å². The number of hydrogen-bond acceptors (Lipinski definition) is 4. The van der Waals surface area contributed by atoms with Crippen LogP contribution in [0.2, 0.25) is 0 Å². The normalized spacial score (nSPS) is 18.0. The minimum Gasteiger partial charge on any atom is -0.341 e. The van der Waals surface area contributed by atoms with Crippen molar-refractivity contribution >= 4 is 18.2 Å². The molecule has 2 rings (SSSR count). The molecule has 0 amide bonds. The molecule has 0 unspecified atom stereocenters. The van der Waals surface area contributed by atoms with Gasteiger partial charge in [-0.2, -0.15) is 0 Å². The number of piperidine rings is 1. The van der Waals surface area contributed by atoms with Crippen LogP contribution in [0.5, 0.6) is 0 Å². The van der Waals surface area contributed by atoms with Crippen LogP contribution in [0.4, 0.5) is 5.95 Å². The van der Waals surface area contributed by atoms with Gasteiger partial charge in [-0.05, 0) is 53.0 Å². The average Bonchev–Trinajstić information content (AvgIpc) is 2.71. The molecule has 1 aromatic heterocycles. The predicted molar refractivity (Wildman–Crippen MR) is 76.7 cm³/mol. The molecule has 1 aromatic rings. The first-order chi connectivity index (χ1) is 8.50. The third-order valence-corrected chi connectivity index (χ3v) is 3.97. The van der Waals surface area contributed by atoms with Crippen molar-refractivity contribution < 1.29 is 0 Å². The molecule has 0 aromatic carbocycles. The van der Waals surface area contributed by atoms with Crippen LogP contribution in [0.25, 0.3) is 0 Å². The van der Waals surface area contributed by atoms with E-state index in [1.165, 1.54) is 12.8 Å². The molecule has 1 aliphatic heterocycles. The Morgan fingerprint density at radius 1 is 1.33 bits per heavy atom. The lowest BCUT2D eigenvalue weighted by Crippen LogP contribution is -2.43. The van der Waals surface area contributed by atoms with Crippen molar-refractivity contribution in [1.82, 2.24) is 19.7 Å².